The van der Waals surface area contributed by atoms with Gasteiger partial charge in [-0.3, -0.25) is 4.57 Å². The molecule has 0 N–H and O–H groups in total. The van der Waals surface area contributed by atoms with Crippen molar-refractivity contribution in [2.45, 2.75) is 19.3 Å². The first-order chi connectivity index (χ1) is 30.0. The van der Waals surface area contributed by atoms with Gasteiger partial charge in [-0.05, 0) is 88.0 Å². The Morgan fingerprint density at radius 3 is 2.00 bits per heavy atom. The second-order valence-electron chi connectivity index (χ2n) is 17.3. The Bertz CT molecular complexity index is 4200. The summed E-state index contributed by atoms with van der Waals surface area (Å²) in [6.45, 7) is 4.75. The molecule has 0 saturated carbocycles. The fourth-order valence-corrected chi connectivity index (χ4v) is 13.4. The van der Waals surface area contributed by atoms with Gasteiger partial charge in [-0.1, -0.05) is 117 Å². The third-order valence-electron chi connectivity index (χ3n) is 13.9. The Morgan fingerprint density at radius 1 is 0.443 bits per heavy atom. The summed E-state index contributed by atoms with van der Waals surface area (Å²) in [4.78, 5) is 12.3. The first-order valence-corrected chi connectivity index (χ1v) is 22.5. The van der Waals surface area contributed by atoms with Gasteiger partial charge in [0.2, 0.25) is 5.95 Å². The van der Waals surface area contributed by atoms with Gasteiger partial charge in [0.25, 0.3) is 0 Å². The summed E-state index contributed by atoms with van der Waals surface area (Å²) in [5.74, 6) is 0.698. The lowest BCUT2D eigenvalue weighted by Crippen LogP contribution is -2.15. The molecule has 6 heterocycles. The molecule has 6 aromatic heterocycles. The van der Waals surface area contributed by atoms with Crippen LogP contribution in [-0.4, -0.2) is 18.9 Å². The van der Waals surface area contributed by atoms with Gasteiger partial charge in [0, 0.05) is 68.2 Å². The van der Waals surface area contributed by atoms with E-state index in [1.165, 1.54) is 102 Å². The third-order valence-corrected chi connectivity index (χ3v) is 16.1. The first kappa shape index (κ1) is 32.7. The number of aromatic nitrogens is 4. The van der Waals surface area contributed by atoms with E-state index >= 15 is 0 Å². The lowest BCUT2D eigenvalue weighted by molar-refractivity contribution is 0.661. The Balaban J connectivity index is 1.02. The molecule has 0 atom stereocenters. The number of nitrogens with zero attached hydrogens (tertiary/aromatic N) is 4. The maximum atomic E-state index is 5.72. The summed E-state index contributed by atoms with van der Waals surface area (Å²) in [7, 11) is 0. The maximum absolute atomic E-state index is 5.72. The lowest BCUT2D eigenvalue weighted by atomic mass is 9.81. The minimum atomic E-state index is -0.199. The zero-order valence-electron chi connectivity index (χ0n) is 33.1. The van der Waals surface area contributed by atoms with Crippen molar-refractivity contribution in [3.63, 3.8) is 0 Å². The Labute approximate surface area is 356 Å². The van der Waals surface area contributed by atoms with Crippen LogP contribution in [0.15, 0.2) is 158 Å². The van der Waals surface area contributed by atoms with Gasteiger partial charge in [0.05, 0.1) is 33.3 Å². The van der Waals surface area contributed by atoms with Crippen LogP contribution in [-0.2, 0) is 5.41 Å². The number of hydrogen-bond donors (Lipinski definition) is 0. The van der Waals surface area contributed by atoms with E-state index < -0.39 is 0 Å². The average molecular weight is 813 g/mol. The normalized spacial score (nSPS) is 13.9. The monoisotopic (exact) mass is 812 g/mol. The highest BCUT2D eigenvalue weighted by Gasteiger charge is 2.36. The zero-order valence-corrected chi connectivity index (χ0v) is 34.7. The molecule has 0 fully saturated rings. The van der Waals surface area contributed by atoms with Gasteiger partial charge in [0.1, 0.15) is 4.83 Å². The summed E-state index contributed by atoms with van der Waals surface area (Å²) >= 11 is 3.65. The highest BCUT2D eigenvalue weighted by Crippen LogP contribution is 2.53. The fraction of sp³-hybridized carbons (Fsp3) is 0.0545. The molecule has 0 bridgehead atoms. The van der Waals surface area contributed by atoms with E-state index in [1.807, 2.05) is 11.3 Å². The van der Waals surface area contributed by atoms with Crippen LogP contribution in [0.1, 0.15) is 25.0 Å². The SMILES string of the molecule is CC1(C)c2cc(-c3ccccc3)ccc2-c2ccc(-c3nc(-n4c5ccc6sc7ccc8c9ccccc9n9c%10cccc4c%10c5c6c7c89)nc4sc5ccccc5c34)cc21. The molecule has 1 aliphatic carbocycles. The summed E-state index contributed by atoms with van der Waals surface area (Å²) in [6, 6.07) is 58.4. The minimum Gasteiger partial charge on any atom is -0.308 e. The van der Waals surface area contributed by atoms with E-state index in [2.05, 4.69) is 181 Å². The quantitative estimate of drug-likeness (QED) is 0.178. The molecule has 61 heavy (non-hydrogen) atoms. The van der Waals surface area contributed by atoms with E-state index in [4.69, 9.17) is 9.97 Å². The molecule has 284 valence electrons. The van der Waals surface area contributed by atoms with E-state index in [0.29, 0.717) is 5.95 Å². The molecule has 0 aliphatic heterocycles. The molecule has 0 amide bonds. The molecule has 0 spiro atoms. The van der Waals surface area contributed by atoms with Crippen LogP contribution in [0.2, 0.25) is 0 Å². The molecule has 1 aliphatic rings. The Hall–Kier alpha value is -7.12. The van der Waals surface area contributed by atoms with Crippen LogP contribution in [0.3, 0.4) is 0 Å². The number of thiophene rings is 2. The van der Waals surface area contributed by atoms with Crippen molar-refractivity contribution < 1.29 is 0 Å². The van der Waals surface area contributed by atoms with Crippen LogP contribution in [0.4, 0.5) is 0 Å². The molecule has 4 nitrogen and oxygen atoms in total. The molecule has 0 saturated heterocycles. The standard InChI is InChI=1S/C55H32N4S2/c1-55(2)37-27-30(29-11-4-3-5-12-29)19-21-32(37)33-22-20-31(28-38(33)55)51-46-36-14-7-9-18-43(36)61-53(46)57-54(56-51)59-41-17-10-16-40-47(41)48-42(59)24-26-44-49(48)50-45(60-44)25-23-35-34-13-6-8-15-39(34)58(40)52(35)50/h3-28H,1-2H3. The van der Waals surface area contributed by atoms with E-state index in [0.717, 1.165) is 32.5 Å². The fourth-order valence-electron chi connectivity index (χ4n) is 11.2. The number of fused-ring (bicyclic) bond motifs is 10. The maximum Gasteiger partial charge on any atom is 0.236 e. The molecular weight excluding hydrogens is 781 g/mol. The van der Waals surface area contributed by atoms with Crippen molar-refractivity contribution in [1.29, 1.82) is 0 Å². The molecule has 14 aromatic rings. The van der Waals surface area contributed by atoms with E-state index in [-0.39, 0.29) is 5.41 Å². The molecule has 8 aromatic carbocycles. The predicted octanol–water partition coefficient (Wildman–Crippen LogP) is 15.4. The second-order valence-corrected chi connectivity index (χ2v) is 19.4. The first-order valence-electron chi connectivity index (χ1n) is 20.9. The lowest BCUT2D eigenvalue weighted by Gasteiger charge is -2.22. The highest BCUT2D eigenvalue weighted by atomic mass is 32.1. The smallest absolute Gasteiger partial charge is 0.236 e. The van der Waals surface area contributed by atoms with Crippen LogP contribution in [0.5, 0.6) is 0 Å². The van der Waals surface area contributed by atoms with Crippen LogP contribution < -0.4 is 0 Å². The predicted molar refractivity (Wildman–Crippen MR) is 259 cm³/mol. The van der Waals surface area contributed by atoms with Gasteiger partial charge in [-0.2, -0.15) is 0 Å². The van der Waals surface area contributed by atoms with Crippen molar-refractivity contribution in [2.24, 2.45) is 0 Å². The average Bonchev–Trinajstić information content (AvgIpc) is 4.07. The second kappa shape index (κ2) is 11.2. The Kier molecular flexibility index (Phi) is 5.99. The van der Waals surface area contributed by atoms with Gasteiger partial charge in [-0.25, -0.2) is 9.97 Å². The van der Waals surface area contributed by atoms with Crippen LogP contribution in [0.25, 0.3) is 129 Å². The summed E-state index contributed by atoms with van der Waals surface area (Å²) < 4.78 is 8.71. The van der Waals surface area contributed by atoms with Crippen molar-refractivity contribution in [3.05, 3.63) is 169 Å². The third kappa shape index (κ3) is 4.01. The molecule has 15 rings (SSSR count). The van der Waals surface area contributed by atoms with E-state index in [1.54, 1.807) is 11.3 Å². The van der Waals surface area contributed by atoms with Crippen molar-refractivity contribution in [1.82, 2.24) is 18.9 Å². The summed E-state index contributed by atoms with van der Waals surface area (Å²) in [5.41, 5.74) is 15.7. The number of rotatable bonds is 3. The topological polar surface area (TPSA) is 35.1 Å². The van der Waals surface area contributed by atoms with Crippen LogP contribution in [0, 0.1) is 0 Å². The van der Waals surface area contributed by atoms with E-state index in [9.17, 15) is 0 Å². The van der Waals surface area contributed by atoms with Crippen molar-refractivity contribution in [3.8, 4) is 39.5 Å². The zero-order chi connectivity index (χ0) is 39.9. The number of hydrogen-bond acceptors (Lipinski definition) is 4. The largest absolute Gasteiger partial charge is 0.308 e. The molecular formula is C55H32N4S2. The van der Waals surface area contributed by atoms with Gasteiger partial charge in [-0.15, -0.1) is 22.7 Å². The molecule has 0 unspecified atom stereocenters. The molecule has 0 radical (unpaired) electrons. The number of benzene rings is 8. The summed E-state index contributed by atoms with van der Waals surface area (Å²) in [5, 5.41) is 10.1. The minimum absolute atomic E-state index is 0.199. The highest BCUT2D eigenvalue weighted by molar-refractivity contribution is 7.26. The molecule has 6 heteroatoms. The van der Waals surface area contributed by atoms with Gasteiger partial charge >= 0.3 is 0 Å². The van der Waals surface area contributed by atoms with Crippen molar-refractivity contribution >= 4 is 112 Å². The number of para-hydroxylation sites is 1. The van der Waals surface area contributed by atoms with Crippen LogP contribution >= 0.6 is 22.7 Å². The van der Waals surface area contributed by atoms with Crippen molar-refractivity contribution in [2.75, 3.05) is 0 Å². The Morgan fingerprint density at radius 2 is 1.13 bits per heavy atom. The van der Waals surface area contributed by atoms with Gasteiger partial charge in [0.15, 0.2) is 0 Å². The van der Waals surface area contributed by atoms with Gasteiger partial charge < -0.3 is 4.40 Å². The summed E-state index contributed by atoms with van der Waals surface area (Å²) in [6.07, 6.45) is 0.